The molecular formula is C15H28O4Si. The zero-order valence-electron chi connectivity index (χ0n) is 13.6. The molecular weight excluding hydrogens is 272 g/mol. The predicted molar refractivity (Wildman–Crippen MR) is 83.2 cm³/mol. The molecule has 0 aromatic rings. The summed E-state index contributed by atoms with van der Waals surface area (Å²) in [6.45, 7) is 13.4. The molecule has 0 bridgehead atoms. The third-order valence-electron chi connectivity index (χ3n) is 3.54. The largest absolute Gasteiger partial charge is 0.463 e. The Bertz CT molecular complexity index is 353. The number of hydrogen-bond donors (Lipinski definition) is 0. The molecule has 5 heteroatoms. The van der Waals surface area contributed by atoms with E-state index >= 15 is 0 Å². The second-order valence-corrected chi connectivity index (χ2v) is 11.1. The quantitative estimate of drug-likeness (QED) is 0.391. The zero-order chi connectivity index (χ0) is 15.8. The molecule has 0 aliphatic carbocycles. The van der Waals surface area contributed by atoms with Gasteiger partial charge in [-0.2, -0.15) is 0 Å². The van der Waals surface area contributed by atoms with Gasteiger partial charge >= 0.3 is 5.97 Å². The van der Waals surface area contributed by atoms with Crippen LogP contribution < -0.4 is 0 Å². The number of carbonyl (C=O) groups excluding carboxylic acids is 2. The van der Waals surface area contributed by atoms with E-state index < -0.39 is 14.3 Å². The van der Waals surface area contributed by atoms with Crippen molar-refractivity contribution in [2.75, 3.05) is 13.2 Å². The Kier molecular flexibility index (Phi) is 7.97. The van der Waals surface area contributed by atoms with Crippen LogP contribution in [0.1, 0.15) is 40.5 Å². The summed E-state index contributed by atoms with van der Waals surface area (Å²) < 4.78 is 10.7. The van der Waals surface area contributed by atoms with Gasteiger partial charge in [-0.3, -0.25) is 4.79 Å². The van der Waals surface area contributed by atoms with Gasteiger partial charge in [-0.25, -0.2) is 4.79 Å². The van der Waals surface area contributed by atoms with Crippen molar-refractivity contribution >= 4 is 20.1 Å². The summed E-state index contributed by atoms with van der Waals surface area (Å²) in [5.41, 5.74) is 0. The van der Waals surface area contributed by atoms with Crippen LogP contribution in [-0.4, -0.2) is 33.3 Å². The van der Waals surface area contributed by atoms with Gasteiger partial charge in [0.05, 0.1) is 6.61 Å². The monoisotopic (exact) mass is 300 g/mol. The molecule has 0 saturated heterocycles. The predicted octanol–water partition coefficient (Wildman–Crippen LogP) is 3.48. The summed E-state index contributed by atoms with van der Waals surface area (Å²) in [4.78, 5) is 22.7. The molecule has 0 unspecified atom stereocenters. The van der Waals surface area contributed by atoms with Gasteiger partial charge in [0.25, 0.3) is 0 Å². The van der Waals surface area contributed by atoms with Gasteiger partial charge in [-0.1, -0.05) is 26.8 Å². The molecule has 0 aliphatic heterocycles. The lowest BCUT2D eigenvalue weighted by atomic mass is 10.2. The Morgan fingerprint density at radius 2 is 1.80 bits per heavy atom. The van der Waals surface area contributed by atoms with Crippen LogP contribution in [0.3, 0.4) is 0 Å². The number of hydrogen-bond acceptors (Lipinski definition) is 4. The van der Waals surface area contributed by atoms with Crippen LogP contribution in [0.2, 0.25) is 18.1 Å². The van der Waals surface area contributed by atoms with Crippen LogP contribution in [0.15, 0.2) is 12.2 Å². The van der Waals surface area contributed by atoms with Gasteiger partial charge in [-0.05, 0) is 25.1 Å². The molecule has 0 N–H and O–H groups in total. The molecule has 0 saturated carbocycles. The van der Waals surface area contributed by atoms with Gasteiger partial charge in [0.1, 0.15) is 5.78 Å². The molecule has 116 valence electrons. The second-order valence-electron chi connectivity index (χ2n) is 6.26. The molecule has 0 spiro atoms. The van der Waals surface area contributed by atoms with Crippen molar-refractivity contribution in [2.24, 2.45) is 0 Å². The third-order valence-corrected chi connectivity index (χ3v) is 8.07. The summed E-state index contributed by atoms with van der Waals surface area (Å²) in [5.74, 6) is -0.331. The highest BCUT2D eigenvalue weighted by Gasteiger charge is 2.36. The summed E-state index contributed by atoms with van der Waals surface area (Å²) in [7, 11) is -1.78. The average molecular weight is 300 g/mol. The second kappa shape index (κ2) is 8.37. The number of carbonyl (C=O) groups is 2. The molecule has 4 nitrogen and oxygen atoms in total. The smallest absolute Gasteiger partial charge is 0.330 e. The minimum Gasteiger partial charge on any atom is -0.463 e. The van der Waals surface area contributed by atoms with Crippen LogP contribution in [0.4, 0.5) is 0 Å². The number of ketones is 1. The van der Waals surface area contributed by atoms with E-state index in [1.54, 1.807) is 13.0 Å². The lowest BCUT2D eigenvalue weighted by Gasteiger charge is -2.36. The third kappa shape index (κ3) is 7.60. The highest BCUT2D eigenvalue weighted by molar-refractivity contribution is 6.74. The fraction of sp³-hybridized carbons (Fsp3) is 0.733. The van der Waals surface area contributed by atoms with Crippen LogP contribution in [-0.2, 0) is 18.8 Å². The molecule has 0 rings (SSSR count). The molecule has 0 aromatic heterocycles. The average Bonchev–Trinajstić information content (AvgIpc) is 2.27. The van der Waals surface area contributed by atoms with Crippen molar-refractivity contribution in [2.45, 2.75) is 58.7 Å². The molecule has 0 radical (unpaired) electrons. The molecule has 0 amide bonds. The first-order chi connectivity index (χ1) is 9.10. The van der Waals surface area contributed by atoms with E-state index in [2.05, 4.69) is 33.9 Å². The van der Waals surface area contributed by atoms with Gasteiger partial charge in [0, 0.05) is 25.5 Å². The van der Waals surface area contributed by atoms with Gasteiger partial charge in [0.15, 0.2) is 8.32 Å². The molecule has 0 atom stereocenters. The van der Waals surface area contributed by atoms with Gasteiger partial charge < -0.3 is 9.16 Å². The summed E-state index contributed by atoms with van der Waals surface area (Å²) in [6, 6.07) is 0. The SMILES string of the molecule is CCOC(=O)/C=C/CC(=O)CCO[Si](C)(C)C(C)(C)C. The number of Topliss-reactive ketones (excluding diaryl/α,β-unsaturated/α-hetero) is 1. The van der Waals surface area contributed by atoms with Crippen LogP contribution in [0.25, 0.3) is 0 Å². The number of ether oxygens (including phenoxy) is 1. The molecule has 20 heavy (non-hydrogen) atoms. The molecule has 0 aromatic carbocycles. The van der Waals surface area contributed by atoms with Gasteiger partial charge in [0.2, 0.25) is 0 Å². The highest BCUT2D eigenvalue weighted by atomic mass is 28.4. The molecule has 0 aliphatic rings. The first-order valence-electron chi connectivity index (χ1n) is 7.09. The zero-order valence-corrected chi connectivity index (χ0v) is 14.6. The highest BCUT2D eigenvalue weighted by Crippen LogP contribution is 2.36. The lowest BCUT2D eigenvalue weighted by molar-refractivity contribution is -0.137. The Labute approximate surface area is 123 Å². The Balaban J connectivity index is 3.99. The summed E-state index contributed by atoms with van der Waals surface area (Å²) in [6.07, 6.45) is 3.49. The van der Waals surface area contributed by atoms with Crippen LogP contribution >= 0.6 is 0 Å². The van der Waals surface area contributed by atoms with Crippen LogP contribution in [0, 0.1) is 0 Å². The summed E-state index contributed by atoms with van der Waals surface area (Å²) in [5, 5.41) is 0.153. The maximum absolute atomic E-state index is 11.7. The fourth-order valence-corrected chi connectivity index (χ4v) is 2.26. The van der Waals surface area contributed by atoms with E-state index in [4.69, 9.17) is 9.16 Å². The van der Waals surface area contributed by atoms with E-state index in [-0.39, 0.29) is 17.2 Å². The molecule has 0 heterocycles. The normalized spacial score (nSPS) is 12.7. The van der Waals surface area contributed by atoms with Crippen molar-refractivity contribution < 1.29 is 18.8 Å². The number of allylic oxidation sites excluding steroid dienone is 1. The standard InChI is InChI=1S/C15H28O4Si/c1-7-18-14(17)10-8-9-13(16)11-12-19-20(5,6)15(2,3)4/h8,10H,7,9,11-12H2,1-6H3/b10-8+. The van der Waals surface area contributed by atoms with Crippen molar-refractivity contribution in [3.63, 3.8) is 0 Å². The van der Waals surface area contributed by atoms with E-state index in [9.17, 15) is 9.59 Å². The summed E-state index contributed by atoms with van der Waals surface area (Å²) >= 11 is 0. The van der Waals surface area contributed by atoms with Crippen molar-refractivity contribution in [3.05, 3.63) is 12.2 Å². The lowest BCUT2D eigenvalue weighted by Crippen LogP contribution is -2.41. The molecule has 0 fully saturated rings. The van der Waals surface area contributed by atoms with E-state index in [1.165, 1.54) is 6.08 Å². The minimum absolute atomic E-state index is 0.0734. The minimum atomic E-state index is -1.78. The van der Waals surface area contributed by atoms with Crippen molar-refractivity contribution in [3.8, 4) is 0 Å². The first kappa shape index (κ1) is 19.1. The Morgan fingerprint density at radius 3 is 2.30 bits per heavy atom. The number of rotatable bonds is 8. The first-order valence-corrected chi connectivity index (χ1v) is 10.00. The van der Waals surface area contributed by atoms with E-state index in [1.807, 2.05) is 0 Å². The Hall–Kier alpha value is -0.943. The van der Waals surface area contributed by atoms with Crippen LogP contribution in [0.5, 0.6) is 0 Å². The van der Waals surface area contributed by atoms with Crippen molar-refractivity contribution in [1.29, 1.82) is 0 Å². The topological polar surface area (TPSA) is 52.6 Å². The fourth-order valence-electron chi connectivity index (χ4n) is 1.22. The van der Waals surface area contributed by atoms with E-state index in [0.29, 0.717) is 19.6 Å². The van der Waals surface area contributed by atoms with Crippen molar-refractivity contribution in [1.82, 2.24) is 0 Å². The maximum Gasteiger partial charge on any atom is 0.330 e. The maximum atomic E-state index is 11.7. The number of esters is 1. The van der Waals surface area contributed by atoms with Gasteiger partial charge in [-0.15, -0.1) is 0 Å². The van der Waals surface area contributed by atoms with E-state index in [0.717, 1.165) is 0 Å². The Morgan fingerprint density at radius 1 is 1.20 bits per heavy atom.